The van der Waals surface area contributed by atoms with Gasteiger partial charge in [0.25, 0.3) is 0 Å². The van der Waals surface area contributed by atoms with Gasteiger partial charge < -0.3 is 15.8 Å². The van der Waals surface area contributed by atoms with Crippen LogP contribution in [0.3, 0.4) is 0 Å². The molecule has 0 saturated carbocycles. The van der Waals surface area contributed by atoms with E-state index in [1.165, 1.54) is 5.56 Å². The van der Waals surface area contributed by atoms with Gasteiger partial charge >= 0.3 is 0 Å². The van der Waals surface area contributed by atoms with Crippen LogP contribution >= 0.6 is 27.3 Å². The summed E-state index contributed by atoms with van der Waals surface area (Å²) in [6.45, 7) is 1.86. The lowest BCUT2D eigenvalue weighted by Gasteiger charge is -2.15. The highest BCUT2D eigenvalue weighted by molar-refractivity contribution is 9.11. The smallest absolute Gasteiger partial charge is 0.139 e. The SMILES string of the molecule is CN(CCCC(N)=NO)Cc1csc(Br)c1. The van der Waals surface area contributed by atoms with E-state index in [0.717, 1.165) is 23.3 Å². The molecule has 1 heterocycles. The first-order chi connectivity index (χ1) is 7.61. The van der Waals surface area contributed by atoms with Crippen LogP contribution in [0.5, 0.6) is 0 Å². The van der Waals surface area contributed by atoms with Gasteiger partial charge in [0.05, 0.1) is 3.79 Å². The Morgan fingerprint density at radius 1 is 1.69 bits per heavy atom. The molecular weight excluding hydrogens is 290 g/mol. The molecule has 4 nitrogen and oxygen atoms in total. The van der Waals surface area contributed by atoms with E-state index >= 15 is 0 Å². The summed E-state index contributed by atoms with van der Waals surface area (Å²) in [4.78, 5) is 2.22. The molecule has 0 amide bonds. The van der Waals surface area contributed by atoms with Crippen LogP contribution in [0.4, 0.5) is 0 Å². The maximum Gasteiger partial charge on any atom is 0.139 e. The predicted octanol–water partition coefficient (Wildman–Crippen LogP) is 2.47. The molecule has 0 unspecified atom stereocenters. The van der Waals surface area contributed by atoms with Crippen molar-refractivity contribution in [3.05, 3.63) is 20.8 Å². The van der Waals surface area contributed by atoms with Gasteiger partial charge in [0.2, 0.25) is 0 Å². The number of amidine groups is 1. The monoisotopic (exact) mass is 305 g/mol. The van der Waals surface area contributed by atoms with Crippen molar-refractivity contribution < 1.29 is 5.21 Å². The molecule has 0 atom stereocenters. The van der Waals surface area contributed by atoms with Gasteiger partial charge in [0, 0.05) is 13.0 Å². The summed E-state index contributed by atoms with van der Waals surface area (Å²) in [5, 5.41) is 13.5. The first-order valence-corrected chi connectivity index (χ1v) is 6.67. The molecule has 0 aliphatic rings. The molecule has 0 spiro atoms. The predicted molar refractivity (Wildman–Crippen MR) is 71.0 cm³/mol. The number of thiophene rings is 1. The largest absolute Gasteiger partial charge is 0.409 e. The highest BCUT2D eigenvalue weighted by atomic mass is 79.9. The van der Waals surface area contributed by atoms with Crippen molar-refractivity contribution in [2.24, 2.45) is 10.9 Å². The average molecular weight is 306 g/mol. The maximum absolute atomic E-state index is 8.38. The number of rotatable bonds is 6. The van der Waals surface area contributed by atoms with Gasteiger partial charge in [0.15, 0.2) is 0 Å². The molecule has 90 valence electrons. The lowest BCUT2D eigenvalue weighted by Crippen LogP contribution is -2.21. The molecule has 0 fully saturated rings. The minimum absolute atomic E-state index is 0.298. The van der Waals surface area contributed by atoms with Crippen molar-refractivity contribution in [3.63, 3.8) is 0 Å². The van der Waals surface area contributed by atoms with Crippen molar-refractivity contribution in [1.29, 1.82) is 0 Å². The Hall–Kier alpha value is -0.590. The van der Waals surface area contributed by atoms with Gasteiger partial charge in [-0.15, -0.1) is 11.3 Å². The molecule has 1 aromatic rings. The van der Waals surface area contributed by atoms with Crippen LogP contribution in [0.25, 0.3) is 0 Å². The first kappa shape index (κ1) is 13.5. The molecule has 1 rings (SSSR count). The van der Waals surface area contributed by atoms with E-state index in [0.29, 0.717) is 12.3 Å². The highest BCUT2D eigenvalue weighted by Gasteiger charge is 2.03. The molecule has 3 N–H and O–H groups in total. The second-order valence-corrected chi connectivity index (χ2v) is 5.98. The van der Waals surface area contributed by atoms with Gasteiger partial charge in [-0.2, -0.15) is 0 Å². The van der Waals surface area contributed by atoms with Crippen molar-refractivity contribution in [1.82, 2.24) is 4.90 Å². The molecule has 0 radical (unpaired) electrons. The molecule has 6 heteroatoms. The van der Waals surface area contributed by atoms with Crippen LogP contribution in [0.15, 0.2) is 20.4 Å². The quantitative estimate of drug-likeness (QED) is 0.367. The fourth-order valence-electron chi connectivity index (χ4n) is 1.40. The summed E-state index contributed by atoms with van der Waals surface area (Å²) in [6, 6.07) is 2.13. The topological polar surface area (TPSA) is 61.8 Å². The van der Waals surface area contributed by atoms with Gasteiger partial charge in [-0.3, -0.25) is 0 Å². The second kappa shape index (κ2) is 6.88. The van der Waals surface area contributed by atoms with Crippen molar-refractivity contribution in [2.45, 2.75) is 19.4 Å². The lowest BCUT2D eigenvalue weighted by atomic mass is 10.2. The van der Waals surface area contributed by atoms with Crippen molar-refractivity contribution in [2.75, 3.05) is 13.6 Å². The van der Waals surface area contributed by atoms with Gasteiger partial charge in [-0.25, -0.2) is 0 Å². The third kappa shape index (κ3) is 4.96. The van der Waals surface area contributed by atoms with Gasteiger partial charge in [-0.1, -0.05) is 5.16 Å². The Morgan fingerprint density at radius 2 is 2.44 bits per heavy atom. The summed E-state index contributed by atoms with van der Waals surface area (Å²) in [5.41, 5.74) is 6.70. The molecule has 1 aromatic heterocycles. The molecule has 0 aliphatic carbocycles. The fourth-order valence-corrected chi connectivity index (χ4v) is 2.60. The molecular formula is C10H16BrN3OS. The second-order valence-electron chi connectivity index (χ2n) is 3.69. The molecule has 16 heavy (non-hydrogen) atoms. The summed E-state index contributed by atoms with van der Waals surface area (Å²) in [7, 11) is 2.07. The summed E-state index contributed by atoms with van der Waals surface area (Å²) in [5.74, 6) is 0.298. The Labute approximate surface area is 108 Å². The molecule has 0 aromatic carbocycles. The van der Waals surface area contributed by atoms with Crippen LogP contribution in [0.2, 0.25) is 0 Å². The zero-order valence-corrected chi connectivity index (χ0v) is 11.6. The van der Waals surface area contributed by atoms with E-state index in [-0.39, 0.29) is 0 Å². The van der Waals surface area contributed by atoms with E-state index in [2.05, 4.69) is 44.5 Å². The Morgan fingerprint density at radius 3 is 3.00 bits per heavy atom. The summed E-state index contributed by atoms with van der Waals surface area (Å²) >= 11 is 5.14. The lowest BCUT2D eigenvalue weighted by molar-refractivity contribution is 0.311. The number of oxime groups is 1. The minimum Gasteiger partial charge on any atom is -0.409 e. The van der Waals surface area contributed by atoms with Crippen molar-refractivity contribution >= 4 is 33.1 Å². The number of nitrogens with two attached hydrogens (primary N) is 1. The average Bonchev–Trinajstić information content (AvgIpc) is 2.63. The third-order valence-electron chi connectivity index (χ3n) is 2.18. The molecule has 0 aliphatic heterocycles. The fraction of sp³-hybridized carbons (Fsp3) is 0.500. The maximum atomic E-state index is 8.38. The van der Waals surface area contributed by atoms with E-state index in [4.69, 9.17) is 10.9 Å². The zero-order valence-electron chi connectivity index (χ0n) is 9.19. The number of halogens is 1. The molecule has 0 saturated heterocycles. The van der Waals surface area contributed by atoms with E-state index < -0.39 is 0 Å². The van der Waals surface area contributed by atoms with Crippen LogP contribution in [0, 0.1) is 0 Å². The number of nitrogens with zero attached hydrogens (tertiary/aromatic N) is 2. The van der Waals surface area contributed by atoms with E-state index in [1.54, 1.807) is 11.3 Å². The summed E-state index contributed by atoms with van der Waals surface area (Å²) < 4.78 is 1.16. The van der Waals surface area contributed by atoms with Crippen LogP contribution in [-0.4, -0.2) is 29.5 Å². The third-order valence-corrected chi connectivity index (χ3v) is 3.73. The van der Waals surface area contributed by atoms with Crippen molar-refractivity contribution in [3.8, 4) is 0 Å². The van der Waals surface area contributed by atoms with E-state index in [9.17, 15) is 0 Å². The Kier molecular flexibility index (Phi) is 5.79. The van der Waals surface area contributed by atoms with Gasteiger partial charge in [-0.05, 0) is 53.0 Å². The molecule has 0 bridgehead atoms. The van der Waals surface area contributed by atoms with Crippen LogP contribution in [-0.2, 0) is 6.54 Å². The van der Waals surface area contributed by atoms with Crippen LogP contribution < -0.4 is 5.73 Å². The Balaban J connectivity index is 2.23. The minimum atomic E-state index is 0.298. The van der Waals surface area contributed by atoms with E-state index in [1.807, 2.05) is 0 Å². The number of hydrogen-bond acceptors (Lipinski definition) is 4. The van der Waals surface area contributed by atoms with Crippen LogP contribution in [0.1, 0.15) is 18.4 Å². The summed E-state index contributed by atoms with van der Waals surface area (Å²) in [6.07, 6.45) is 1.53. The first-order valence-electron chi connectivity index (χ1n) is 4.99. The number of hydrogen-bond donors (Lipinski definition) is 2. The zero-order chi connectivity index (χ0) is 12.0. The van der Waals surface area contributed by atoms with Gasteiger partial charge in [0.1, 0.15) is 5.84 Å². The Bertz CT molecular complexity index is 354. The highest BCUT2D eigenvalue weighted by Crippen LogP contribution is 2.21. The normalized spacial score (nSPS) is 12.3. The standard InChI is InChI=1S/C10H16BrN3OS/c1-14(4-2-3-10(12)13-15)6-8-5-9(11)16-7-8/h5,7,15H,2-4,6H2,1H3,(H2,12,13).